The second-order valence-corrected chi connectivity index (χ2v) is 6.12. The summed E-state index contributed by atoms with van der Waals surface area (Å²) in [5.74, 6) is 0. The summed E-state index contributed by atoms with van der Waals surface area (Å²) in [6, 6.07) is 7.93. The lowest BCUT2D eigenvalue weighted by molar-refractivity contribution is -0.0805. The van der Waals surface area contributed by atoms with Crippen molar-refractivity contribution in [2.75, 3.05) is 19.8 Å². The van der Waals surface area contributed by atoms with Crippen LogP contribution in [0.2, 0.25) is 5.02 Å². The molecule has 0 amide bonds. The Balaban J connectivity index is 1.69. The van der Waals surface area contributed by atoms with Gasteiger partial charge in [-0.2, -0.15) is 5.10 Å². The molecule has 2 atom stereocenters. The first-order chi connectivity index (χ1) is 10.7. The zero-order chi connectivity index (χ0) is 15.5. The van der Waals surface area contributed by atoms with Gasteiger partial charge in [-0.15, -0.1) is 0 Å². The van der Waals surface area contributed by atoms with E-state index < -0.39 is 0 Å². The second-order valence-electron chi connectivity index (χ2n) is 5.69. The van der Waals surface area contributed by atoms with Gasteiger partial charge in [-0.25, -0.2) is 4.68 Å². The average Bonchev–Trinajstić information content (AvgIpc) is 2.99. The minimum Gasteiger partial charge on any atom is -0.394 e. The van der Waals surface area contributed by atoms with Crippen molar-refractivity contribution in [1.29, 1.82) is 0 Å². The fourth-order valence-corrected chi connectivity index (χ4v) is 2.74. The van der Waals surface area contributed by atoms with Gasteiger partial charge >= 0.3 is 0 Å². The molecule has 2 heterocycles. The zero-order valence-electron chi connectivity index (χ0n) is 12.5. The molecule has 0 bridgehead atoms. The van der Waals surface area contributed by atoms with Crippen molar-refractivity contribution in [2.45, 2.75) is 25.6 Å². The van der Waals surface area contributed by atoms with Crippen molar-refractivity contribution in [3.63, 3.8) is 0 Å². The molecule has 118 valence electrons. The molecule has 2 unspecified atom stereocenters. The van der Waals surface area contributed by atoms with Crippen LogP contribution < -0.4 is 0 Å². The highest BCUT2D eigenvalue weighted by molar-refractivity contribution is 6.30. The van der Waals surface area contributed by atoms with E-state index in [4.69, 9.17) is 16.3 Å². The highest BCUT2D eigenvalue weighted by atomic mass is 35.5. The smallest absolute Gasteiger partial charge is 0.0933 e. The van der Waals surface area contributed by atoms with Crippen molar-refractivity contribution in [2.24, 2.45) is 0 Å². The van der Waals surface area contributed by atoms with E-state index in [0.717, 1.165) is 24.3 Å². The summed E-state index contributed by atoms with van der Waals surface area (Å²) in [6.07, 6.45) is 3.81. The lowest BCUT2D eigenvalue weighted by atomic mass is 10.2. The van der Waals surface area contributed by atoms with Crippen LogP contribution >= 0.6 is 11.6 Å². The molecule has 22 heavy (non-hydrogen) atoms. The van der Waals surface area contributed by atoms with Crippen molar-refractivity contribution in [3.05, 3.63) is 47.2 Å². The Labute approximate surface area is 135 Å². The van der Waals surface area contributed by atoms with E-state index in [2.05, 4.69) is 16.9 Å². The number of nitrogens with zero attached hydrogens (tertiary/aromatic N) is 3. The Hall–Kier alpha value is -1.40. The number of halogens is 1. The summed E-state index contributed by atoms with van der Waals surface area (Å²) < 4.78 is 7.42. The van der Waals surface area contributed by atoms with Crippen LogP contribution in [0.15, 0.2) is 36.7 Å². The number of ether oxygens (including phenoxy) is 1. The van der Waals surface area contributed by atoms with Crippen LogP contribution in [0.5, 0.6) is 0 Å². The monoisotopic (exact) mass is 321 g/mol. The Kier molecular flexibility index (Phi) is 4.78. The van der Waals surface area contributed by atoms with Crippen LogP contribution in [0.25, 0.3) is 5.69 Å². The summed E-state index contributed by atoms with van der Waals surface area (Å²) in [6.45, 7) is 4.39. The topological polar surface area (TPSA) is 50.5 Å². The van der Waals surface area contributed by atoms with Gasteiger partial charge in [0, 0.05) is 35.9 Å². The number of hydrogen-bond donors (Lipinski definition) is 1. The van der Waals surface area contributed by atoms with Crippen LogP contribution in [0.4, 0.5) is 0 Å². The molecule has 0 spiro atoms. The molecule has 2 aromatic rings. The lowest BCUT2D eigenvalue weighted by Crippen LogP contribution is -2.48. The lowest BCUT2D eigenvalue weighted by Gasteiger charge is -2.37. The van der Waals surface area contributed by atoms with E-state index in [9.17, 15) is 5.11 Å². The van der Waals surface area contributed by atoms with Gasteiger partial charge in [-0.1, -0.05) is 11.6 Å². The SMILES string of the molecule is CC1COC(CO)CN1Cc1cnn(-c2ccc(Cl)cc2)c1. The third kappa shape index (κ3) is 3.50. The van der Waals surface area contributed by atoms with Crippen LogP contribution in [-0.2, 0) is 11.3 Å². The van der Waals surface area contributed by atoms with E-state index in [1.54, 1.807) is 0 Å². The van der Waals surface area contributed by atoms with E-state index in [1.807, 2.05) is 41.3 Å². The van der Waals surface area contributed by atoms with Gasteiger partial charge in [0.1, 0.15) is 0 Å². The highest BCUT2D eigenvalue weighted by Crippen LogP contribution is 2.17. The van der Waals surface area contributed by atoms with Gasteiger partial charge in [0.25, 0.3) is 0 Å². The molecule has 1 aromatic carbocycles. The normalized spacial score (nSPS) is 22.9. The summed E-state index contributed by atoms with van der Waals surface area (Å²) >= 11 is 5.91. The Morgan fingerprint density at radius 2 is 2.14 bits per heavy atom. The summed E-state index contributed by atoms with van der Waals surface area (Å²) in [5, 5.41) is 14.4. The molecule has 0 saturated carbocycles. The number of aliphatic hydroxyl groups is 1. The number of hydrogen-bond acceptors (Lipinski definition) is 4. The van der Waals surface area contributed by atoms with Crippen LogP contribution in [-0.4, -0.2) is 51.7 Å². The molecule has 3 rings (SSSR count). The van der Waals surface area contributed by atoms with Gasteiger partial charge in [-0.05, 0) is 31.2 Å². The minimum atomic E-state index is -0.0949. The van der Waals surface area contributed by atoms with Crippen LogP contribution in [0.3, 0.4) is 0 Å². The number of morpholine rings is 1. The van der Waals surface area contributed by atoms with Crippen LogP contribution in [0, 0.1) is 0 Å². The summed E-state index contributed by atoms with van der Waals surface area (Å²) in [7, 11) is 0. The quantitative estimate of drug-likeness (QED) is 0.937. The molecule has 5 nitrogen and oxygen atoms in total. The Morgan fingerprint density at radius 1 is 1.36 bits per heavy atom. The number of benzene rings is 1. The number of rotatable bonds is 4. The maximum atomic E-state index is 9.26. The first-order valence-electron chi connectivity index (χ1n) is 7.41. The van der Waals surface area contributed by atoms with Gasteiger partial charge < -0.3 is 9.84 Å². The summed E-state index contributed by atoms with van der Waals surface area (Å²) in [4.78, 5) is 2.31. The first kappa shape index (κ1) is 15.5. The number of aliphatic hydroxyl groups excluding tert-OH is 1. The van der Waals surface area contributed by atoms with Crippen molar-refractivity contribution in [3.8, 4) is 5.69 Å². The van der Waals surface area contributed by atoms with E-state index >= 15 is 0 Å². The van der Waals surface area contributed by atoms with Gasteiger partial charge in [0.2, 0.25) is 0 Å². The first-order valence-corrected chi connectivity index (χ1v) is 7.79. The molecule has 1 aliphatic heterocycles. The molecular formula is C16H20ClN3O2. The molecular weight excluding hydrogens is 302 g/mol. The third-order valence-electron chi connectivity index (χ3n) is 3.95. The van der Waals surface area contributed by atoms with E-state index in [1.165, 1.54) is 0 Å². The Bertz CT molecular complexity index is 614. The summed E-state index contributed by atoms with van der Waals surface area (Å²) in [5.41, 5.74) is 2.12. The molecule has 0 radical (unpaired) electrons. The van der Waals surface area contributed by atoms with Gasteiger partial charge in [0.15, 0.2) is 0 Å². The molecule has 1 aliphatic rings. The molecule has 1 fully saturated rings. The van der Waals surface area contributed by atoms with Gasteiger partial charge in [-0.3, -0.25) is 4.90 Å². The maximum absolute atomic E-state index is 9.26. The fourth-order valence-electron chi connectivity index (χ4n) is 2.62. The standard InChI is InChI=1S/C16H20ClN3O2/c1-12-11-22-16(10-21)9-19(12)7-13-6-18-20(8-13)15-4-2-14(17)3-5-15/h2-6,8,12,16,21H,7,9-11H2,1H3. The molecule has 1 N–H and O–H groups in total. The largest absolute Gasteiger partial charge is 0.394 e. The Morgan fingerprint density at radius 3 is 2.86 bits per heavy atom. The maximum Gasteiger partial charge on any atom is 0.0933 e. The second kappa shape index (κ2) is 6.79. The van der Waals surface area contributed by atoms with Crippen molar-refractivity contribution < 1.29 is 9.84 Å². The molecule has 1 saturated heterocycles. The zero-order valence-corrected chi connectivity index (χ0v) is 13.3. The fraction of sp³-hybridized carbons (Fsp3) is 0.438. The predicted molar refractivity (Wildman–Crippen MR) is 85.3 cm³/mol. The van der Waals surface area contributed by atoms with Crippen LogP contribution in [0.1, 0.15) is 12.5 Å². The number of aromatic nitrogens is 2. The minimum absolute atomic E-state index is 0.0628. The molecule has 1 aromatic heterocycles. The van der Waals surface area contributed by atoms with E-state index in [-0.39, 0.29) is 12.7 Å². The molecule has 6 heteroatoms. The third-order valence-corrected chi connectivity index (χ3v) is 4.20. The predicted octanol–water partition coefficient (Wildman–Crippen LogP) is 2.11. The van der Waals surface area contributed by atoms with Crippen molar-refractivity contribution in [1.82, 2.24) is 14.7 Å². The molecule has 0 aliphatic carbocycles. The average molecular weight is 322 g/mol. The van der Waals surface area contributed by atoms with Gasteiger partial charge in [0.05, 0.1) is 31.2 Å². The van der Waals surface area contributed by atoms with Crippen molar-refractivity contribution >= 4 is 11.6 Å². The highest BCUT2D eigenvalue weighted by Gasteiger charge is 2.25. The van der Waals surface area contributed by atoms with E-state index in [0.29, 0.717) is 17.7 Å².